The van der Waals surface area contributed by atoms with E-state index in [9.17, 15) is 5.11 Å². The molecule has 0 saturated heterocycles. The van der Waals surface area contributed by atoms with Crippen molar-refractivity contribution in [3.8, 4) is 0 Å². The van der Waals surface area contributed by atoms with Crippen LogP contribution in [0.15, 0.2) is 0 Å². The molecular weight excluding hydrogens is 210 g/mol. The summed E-state index contributed by atoms with van der Waals surface area (Å²) in [7, 11) is 0. The van der Waals surface area contributed by atoms with Crippen molar-refractivity contribution in [1.29, 1.82) is 0 Å². The molecule has 0 radical (unpaired) electrons. The molecule has 2 aliphatic carbocycles. The zero-order chi connectivity index (χ0) is 12.3. The molecule has 2 nitrogen and oxygen atoms in total. The van der Waals surface area contributed by atoms with Crippen molar-refractivity contribution in [2.75, 3.05) is 6.54 Å². The van der Waals surface area contributed by atoms with Gasteiger partial charge in [-0.2, -0.15) is 0 Å². The second-order valence-corrected chi connectivity index (χ2v) is 6.61. The first-order valence-corrected chi connectivity index (χ1v) is 7.56. The zero-order valence-corrected chi connectivity index (χ0v) is 11.5. The maximum absolute atomic E-state index is 9.27. The molecule has 2 saturated carbocycles. The van der Waals surface area contributed by atoms with Crippen LogP contribution in [-0.2, 0) is 0 Å². The lowest BCUT2D eigenvalue weighted by Gasteiger charge is -2.33. The van der Waals surface area contributed by atoms with Gasteiger partial charge in [0.05, 0.1) is 6.10 Å². The van der Waals surface area contributed by atoms with Crippen LogP contribution >= 0.6 is 0 Å². The zero-order valence-electron chi connectivity index (χ0n) is 11.5. The van der Waals surface area contributed by atoms with Crippen LogP contribution in [0.4, 0.5) is 0 Å². The Hall–Kier alpha value is -0.0800. The first-order chi connectivity index (χ1) is 8.15. The average molecular weight is 239 g/mol. The summed E-state index contributed by atoms with van der Waals surface area (Å²) in [6.45, 7) is 5.87. The number of aliphatic hydroxyl groups is 1. The molecule has 17 heavy (non-hydrogen) atoms. The minimum atomic E-state index is 0.00116. The van der Waals surface area contributed by atoms with Crippen LogP contribution in [0.2, 0.25) is 0 Å². The van der Waals surface area contributed by atoms with Gasteiger partial charge in [0.15, 0.2) is 0 Å². The maximum atomic E-state index is 9.27. The van der Waals surface area contributed by atoms with Gasteiger partial charge < -0.3 is 10.4 Å². The Labute approximate surface area is 106 Å². The van der Waals surface area contributed by atoms with E-state index in [0.717, 1.165) is 43.2 Å². The van der Waals surface area contributed by atoms with Crippen molar-refractivity contribution >= 4 is 0 Å². The van der Waals surface area contributed by atoms with Crippen LogP contribution in [0.25, 0.3) is 0 Å². The lowest BCUT2D eigenvalue weighted by molar-refractivity contribution is 0.0416. The number of aliphatic hydroxyl groups excluding tert-OH is 1. The summed E-state index contributed by atoms with van der Waals surface area (Å²) in [4.78, 5) is 0. The third-order valence-electron chi connectivity index (χ3n) is 4.86. The van der Waals surface area contributed by atoms with Crippen LogP contribution in [0.1, 0.15) is 58.8 Å². The number of nitrogens with one attached hydrogen (secondary N) is 1. The molecule has 2 heteroatoms. The summed E-state index contributed by atoms with van der Waals surface area (Å²) in [6, 6.07) is 0.747. The minimum absolute atomic E-state index is 0.00116. The molecular formula is C15H29NO. The highest BCUT2D eigenvalue weighted by atomic mass is 16.3. The van der Waals surface area contributed by atoms with E-state index in [1.54, 1.807) is 0 Å². The molecule has 2 unspecified atom stereocenters. The van der Waals surface area contributed by atoms with E-state index >= 15 is 0 Å². The Morgan fingerprint density at radius 2 is 1.88 bits per heavy atom. The van der Waals surface area contributed by atoms with Crippen LogP contribution in [0.3, 0.4) is 0 Å². The summed E-state index contributed by atoms with van der Waals surface area (Å²) in [5.74, 6) is 2.55. The molecule has 0 aromatic carbocycles. The van der Waals surface area contributed by atoms with E-state index in [-0.39, 0.29) is 6.10 Å². The van der Waals surface area contributed by atoms with Crippen LogP contribution in [-0.4, -0.2) is 23.8 Å². The molecule has 0 aromatic heterocycles. The van der Waals surface area contributed by atoms with Crippen molar-refractivity contribution in [1.82, 2.24) is 5.32 Å². The van der Waals surface area contributed by atoms with E-state index in [1.807, 2.05) is 0 Å². The van der Waals surface area contributed by atoms with E-state index < -0.39 is 0 Å². The lowest BCUT2D eigenvalue weighted by Crippen LogP contribution is -2.40. The van der Waals surface area contributed by atoms with Crippen molar-refractivity contribution < 1.29 is 5.11 Å². The van der Waals surface area contributed by atoms with Crippen molar-refractivity contribution in [3.63, 3.8) is 0 Å². The third kappa shape index (κ3) is 3.96. The molecule has 0 bridgehead atoms. The molecule has 0 amide bonds. The van der Waals surface area contributed by atoms with Gasteiger partial charge in [-0.3, -0.25) is 0 Å². The van der Waals surface area contributed by atoms with Crippen LogP contribution in [0, 0.1) is 17.8 Å². The van der Waals surface area contributed by atoms with Crippen LogP contribution < -0.4 is 5.32 Å². The van der Waals surface area contributed by atoms with Gasteiger partial charge in [-0.25, -0.2) is 0 Å². The first kappa shape index (κ1) is 13.4. The highest BCUT2D eigenvalue weighted by Crippen LogP contribution is 2.30. The molecule has 2 aliphatic rings. The lowest BCUT2D eigenvalue weighted by atomic mass is 9.82. The predicted octanol–water partition coefficient (Wildman–Crippen LogP) is 2.95. The van der Waals surface area contributed by atoms with E-state index in [1.165, 1.54) is 32.1 Å². The molecule has 100 valence electrons. The molecule has 2 fully saturated rings. The number of hydrogen-bond acceptors (Lipinski definition) is 2. The number of hydrogen-bond donors (Lipinski definition) is 2. The summed E-state index contributed by atoms with van der Waals surface area (Å²) in [6.07, 6.45) is 8.99. The largest absolute Gasteiger partial charge is 0.393 e. The van der Waals surface area contributed by atoms with Gasteiger partial charge in [-0.15, -0.1) is 0 Å². The topological polar surface area (TPSA) is 32.3 Å². The van der Waals surface area contributed by atoms with E-state index in [2.05, 4.69) is 19.2 Å². The quantitative estimate of drug-likeness (QED) is 0.739. The van der Waals surface area contributed by atoms with Gasteiger partial charge >= 0.3 is 0 Å². The minimum Gasteiger partial charge on any atom is -0.393 e. The third-order valence-corrected chi connectivity index (χ3v) is 4.86. The van der Waals surface area contributed by atoms with Gasteiger partial charge in [-0.1, -0.05) is 26.7 Å². The maximum Gasteiger partial charge on any atom is 0.0546 e. The molecule has 0 aliphatic heterocycles. The molecule has 0 spiro atoms. The first-order valence-electron chi connectivity index (χ1n) is 7.56. The van der Waals surface area contributed by atoms with Crippen molar-refractivity contribution in [3.05, 3.63) is 0 Å². The molecule has 2 N–H and O–H groups in total. The normalized spacial score (nSPS) is 38.8. The Morgan fingerprint density at radius 1 is 1.12 bits per heavy atom. The Morgan fingerprint density at radius 3 is 2.53 bits per heavy atom. The Kier molecular flexibility index (Phi) is 4.87. The monoisotopic (exact) mass is 239 g/mol. The fourth-order valence-corrected chi connectivity index (χ4v) is 3.40. The van der Waals surface area contributed by atoms with Gasteiger partial charge in [-0.05, 0) is 56.4 Å². The molecule has 0 aromatic rings. The Bertz CT molecular complexity index is 223. The SMILES string of the molecule is CC(C)C1CCCC(NCC2CC(O)C2)CC1. The van der Waals surface area contributed by atoms with Gasteiger partial charge in [0.2, 0.25) is 0 Å². The van der Waals surface area contributed by atoms with Gasteiger partial charge in [0.25, 0.3) is 0 Å². The second kappa shape index (κ2) is 6.19. The predicted molar refractivity (Wildman–Crippen MR) is 71.9 cm³/mol. The highest BCUT2D eigenvalue weighted by Gasteiger charge is 2.28. The highest BCUT2D eigenvalue weighted by molar-refractivity contribution is 4.83. The number of rotatable bonds is 4. The van der Waals surface area contributed by atoms with E-state index in [4.69, 9.17) is 0 Å². The van der Waals surface area contributed by atoms with Crippen molar-refractivity contribution in [2.45, 2.75) is 70.9 Å². The van der Waals surface area contributed by atoms with Gasteiger partial charge in [0.1, 0.15) is 0 Å². The van der Waals surface area contributed by atoms with Gasteiger partial charge in [0, 0.05) is 6.04 Å². The van der Waals surface area contributed by atoms with Crippen molar-refractivity contribution in [2.24, 2.45) is 17.8 Å². The summed E-state index contributed by atoms with van der Waals surface area (Å²) in [5.41, 5.74) is 0. The van der Waals surface area contributed by atoms with E-state index in [0.29, 0.717) is 0 Å². The second-order valence-electron chi connectivity index (χ2n) is 6.61. The smallest absolute Gasteiger partial charge is 0.0546 e. The summed E-state index contributed by atoms with van der Waals surface area (Å²) < 4.78 is 0. The summed E-state index contributed by atoms with van der Waals surface area (Å²) in [5, 5.41) is 13.0. The Balaban J connectivity index is 1.64. The standard InChI is InChI=1S/C15H29NO/c1-11(2)13-4-3-5-14(7-6-13)16-10-12-8-15(17)9-12/h11-17H,3-10H2,1-2H3. The fourth-order valence-electron chi connectivity index (χ4n) is 3.40. The molecule has 2 atom stereocenters. The van der Waals surface area contributed by atoms with Crippen LogP contribution in [0.5, 0.6) is 0 Å². The molecule has 0 heterocycles. The molecule has 2 rings (SSSR count). The fraction of sp³-hybridized carbons (Fsp3) is 1.00. The average Bonchev–Trinajstić information content (AvgIpc) is 2.48. The summed E-state index contributed by atoms with van der Waals surface area (Å²) >= 11 is 0.